The molecule has 0 amide bonds. The SMILES string of the molecule is Cl.Fc1cc(Cl)ccc1COc1cccc(C2CCNCC2)n1. The molecule has 6 heteroatoms. The van der Waals surface area contributed by atoms with Crippen LogP contribution < -0.4 is 10.1 Å². The van der Waals surface area contributed by atoms with Crippen LogP contribution >= 0.6 is 24.0 Å². The zero-order valence-electron chi connectivity index (χ0n) is 12.6. The van der Waals surface area contributed by atoms with Crippen LogP contribution in [0.15, 0.2) is 36.4 Å². The van der Waals surface area contributed by atoms with Crippen LogP contribution in [0.1, 0.15) is 30.0 Å². The standard InChI is InChI=1S/C17H18ClFN2O.ClH/c18-14-5-4-13(15(19)10-14)11-22-17-3-1-2-16(21-17)12-6-8-20-9-7-12;/h1-5,10,12,20H,6-9,11H2;1H. The second-order valence-corrected chi connectivity index (χ2v) is 5.89. The van der Waals surface area contributed by atoms with Crippen LogP contribution in [0.5, 0.6) is 5.88 Å². The van der Waals surface area contributed by atoms with Crippen molar-refractivity contribution in [2.45, 2.75) is 25.4 Å². The highest BCUT2D eigenvalue weighted by Gasteiger charge is 2.16. The van der Waals surface area contributed by atoms with Crippen LogP contribution in [-0.4, -0.2) is 18.1 Å². The molecule has 1 N–H and O–H groups in total. The molecule has 1 aliphatic heterocycles. The normalized spacial score (nSPS) is 15.0. The molecule has 23 heavy (non-hydrogen) atoms. The molecule has 0 spiro atoms. The van der Waals surface area contributed by atoms with Crippen molar-refractivity contribution >= 4 is 24.0 Å². The fraction of sp³-hybridized carbons (Fsp3) is 0.353. The molecule has 2 aromatic rings. The van der Waals surface area contributed by atoms with Gasteiger partial charge in [0.25, 0.3) is 0 Å². The number of ether oxygens (including phenoxy) is 1. The molecule has 1 aromatic carbocycles. The molecular weight excluding hydrogens is 338 g/mol. The molecule has 2 heterocycles. The van der Waals surface area contributed by atoms with Crippen LogP contribution in [0.25, 0.3) is 0 Å². The molecule has 0 radical (unpaired) electrons. The van der Waals surface area contributed by atoms with Gasteiger partial charge in [0.15, 0.2) is 0 Å². The Morgan fingerprint density at radius 1 is 1.22 bits per heavy atom. The van der Waals surface area contributed by atoms with Crippen molar-refractivity contribution in [2.75, 3.05) is 13.1 Å². The molecule has 1 fully saturated rings. The van der Waals surface area contributed by atoms with E-state index in [4.69, 9.17) is 16.3 Å². The lowest BCUT2D eigenvalue weighted by atomic mass is 9.94. The van der Waals surface area contributed by atoms with Gasteiger partial charge in [-0.1, -0.05) is 23.7 Å². The summed E-state index contributed by atoms with van der Waals surface area (Å²) >= 11 is 5.74. The Labute approximate surface area is 146 Å². The lowest BCUT2D eigenvalue weighted by Gasteiger charge is -2.22. The van der Waals surface area contributed by atoms with Crippen molar-refractivity contribution in [3.05, 3.63) is 58.5 Å². The van der Waals surface area contributed by atoms with E-state index in [0.29, 0.717) is 22.4 Å². The number of piperidine rings is 1. The van der Waals surface area contributed by atoms with E-state index in [2.05, 4.69) is 10.3 Å². The minimum absolute atomic E-state index is 0. The number of hydrogen-bond donors (Lipinski definition) is 1. The minimum Gasteiger partial charge on any atom is -0.473 e. The van der Waals surface area contributed by atoms with Crippen molar-refractivity contribution in [1.29, 1.82) is 0 Å². The first-order valence-corrected chi connectivity index (χ1v) is 7.84. The maximum absolute atomic E-state index is 13.7. The van der Waals surface area contributed by atoms with Gasteiger partial charge in [-0.25, -0.2) is 9.37 Å². The van der Waals surface area contributed by atoms with Gasteiger partial charge in [0.2, 0.25) is 5.88 Å². The smallest absolute Gasteiger partial charge is 0.213 e. The maximum Gasteiger partial charge on any atom is 0.213 e. The maximum atomic E-state index is 13.7. The van der Waals surface area contributed by atoms with E-state index in [0.717, 1.165) is 31.6 Å². The van der Waals surface area contributed by atoms with Gasteiger partial charge >= 0.3 is 0 Å². The van der Waals surface area contributed by atoms with E-state index in [9.17, 15) is 4.39 Å². The first kappa shape index (κ1) is 18.0. The lowest BCUT2D eigenvalue weighted by Crippen LogP contribution is -2.27. The predicted octanol–water partition coefficient (Wildman–Crippen LogP) is 4.34. The molecule has 124 valence electrons. The highest BCUT2D eigenvalue weighted by molar-refractivity contribution is 6.30. The average molecular weight is 357 g/mol. The van der Waals surface area contributed by atoms with Crippen molar-refractivity contribution in [2.24, 2.45) is 0 Å². The van der Waals surface area contributed by atoms with Crippen molar-refractivity contribution in [3.63, 3.8) is 0 Å². The summed E-state index contributed by atoms with van der Waals surface area (Å²) in [7, 11) is 0. The summed E-state index contributed by atoms with van der Waals surface area (Å²) in [6.45, 7) is 2.19. The fourth-order valence-corrected chi connectivity index (χ4v) is 2.81. The van der Waals surface area contributed by atoms with E-state index in [1.807, 2.05) is 12.1 Å². The largest absolute Gasteiger partial charge is 0.473 e. The van der Waals surface area contributed by atoms with E-state index in [1.165, 1.54) is 6.07 Å². The predicted molar refractivity (Wildman–Crippen MR) is 92.1 cm³/mol. The first-order valence-electron chi connectivity index (χ1n) is 7.47. The first-order chi connectivity index (χ1) is 10.7. The van der Waals surface area contributed by atoms with Crippen LogP contribution in [0, 0.1) is 5.82 Å². The van der Waals surface area contributed by atoms with Crippen LogP contribution in [0.2, 0.25) is 5.02 Å². The second kappa shape index (κ2) is 8.48. The van der Waals surface area contributed by atoms with Gasteiger partial charge in [0.1, 0.15) is 12.4 Å². The number of aromatic nitrogens is 1. The molecule has 3 nitrogen and oxygen atoms in total. The Hall–Kier alpha value is -1.36. The summed E-state index contributed by atoms with van der Waals surface area (Å²) in [6.07, 6.45) is 2.17. The lowest BCUT2D eigenvalue weighted by molar-refractivity contribution is 0.286. The number of benzene rings is 1. The van der Waals surface area contributed by atoms with E-state index < -0.39 is 0 Å². The number of pyridine rings is 1. The molecule has 1 aromatic heterocycles. The Balaban J connectivity index is 0.00000192. The van der Waals surface area contributed by atoms with Gasteiger partial charge in [-0.15, -0.1) is 12.4 Å². The molecule has 0 unspecified atom stereocenters. The quantitative estimate of drug-likeness (QED) is 0.884. The Morgan fingerprint density at radius 3 is 2.74 bits per heavy atom. The molecular formula is C17H19Cl2FN2O. The third-order valence-electron chi connectivity index (χ3n) is 3.89. The summed E-state index contributed by atoms with van der Waals surface area (Å²) in [5, 5.41) is 3.73. The van der Waals surface area contributed by atoms with E-state index in [1.54, 1.807) is 18.2 Å². The summed E-state index contributed by atoms with van der Waals surface area (Å²) in [5.74, 6) is 0.643. The molecule has 0 saturated carbocycles. The monoisotopic (exact) mass is 356 g/mol. The average Bonchev–Trinajstić information content (AvgIpc) is 2.55. The van der Waals surface area contributed by atoms with Crippen LogP contribution in [0.4, 0.5) is 4.39 Å². The van der Waals surface area contributed by atoms with Gasteiger partial charge in [0.05, 0.1) is 0 Å². The Bertz CT molecular complexity index is 648. The molecule has 1 saturated heterocycles. The van der Waals surface area contributed by atoms with Crippen LogP contribution in [0.3, 0.4) is 0 Å². The van der Waals surface area contributed by atoms with Gasteiger partial charge in [-0.05, 0) is 44.1 Å². The molecule has 3 rings (SSSR count). The Morgan fingerprint density at radius 2 is 2.00 bits per heavy atom. The topological polar surface area (TPSA) is 34.1 Å². The summed E-state index contributed by atoms with van der Waals surface area (Å²) in [6, 6.07) is 10.4. The molecule has 0 aliphatic carbocycles. The third-order valence-corrected chi connectivity index (χ3v) is 4.13. The third kappa shape index (κ3) is 4.80. The van der Waals surface area contributed by atoms with Gasteiger partial charge < -0.3 is 10.1 Å². The number of nitrogens with zero attached hydrogens (tertiary/aromatic N) is 1. The van der Waals surface area contributed by atoms with Crippen molar-refractivity contribution < 1.29 is 9.13 Å². The second-order valence-electron chi connectivity index (χ2n) is 5.45. The fourth-order valence-electron chi connectivity index (χ4n) is 2.65. The number of halogens is 3. The minimum atomic E-state index is -0.359. The van der Waals surface area contributed by atoms with Crippen molar-refractivity contribution in [1.82, 2.24) is 10.3 Å². The summed E-state index contributed by atoms with van der Waals surface area (Å²) in [5.41, 5.74) is 1.52. The highest BCUT2D eigenvalue weighted by atomic mass is 35.5. The van der Waals surface area contributed by atoms with Gasteiger partial charge in [-0.3, -0.25) is 0 Å². The molecule has 1 aliphatic rings. The summed E-state index contributed by atoms with van der Waals surface area (Å²) < 4.78 is 19.4. The zero-order chi connectivity index (χ0) is 15.4. The number of hydrogen-bond acceptors (Lipinski definition) is 3. The van der Waals surface area contributed by atoms with Gasteiger partial charge in [0, 0.05) is 28.3 Å². The van der Waals surface area contributed by atoms with Crippen molar-refractivity contribution in [3.8, 4) is 5.88 Å². The number of nitrogens with one attached hydrogen (secondary N) is 1. The van der Waals surface area contributed by atoms with E-state index >= 15 is 0 Å². The van der Waals surface area contributed by atoms with Gasteiger partial charge in [-0.2, -0.15) is 0 Å². The Kier molecular flexibility index (Phi) is 6.63. The number of rotatable bonds is 4. The summed E-state index contributed by atoms with van der Waals surface area (Å²) in [4.78, 5) is 4.56. The highest BCUT2D eigenvalue weighted by Crippen LogP contribution is 2.25. The molecule has 0 bridgehead atoms. The van der Waals surface area contributed by atoms with Crippen LogP contribution in [-0.2, 0) is 6.61 Å². The zero-order valence-corrected chi connectivity index (χ0v) is 14.2. The molecule has 0 atom stereocenters. The van der Waals surface area contributed by atoms with E-state index in [-0.39, 0.29) is 24.8 Å².